The maximum absolute atomic E-state index is 9.16. The topological polar surface area (TPSA) is 58.8 Å². The minimum absolute atomic E-state index is 0.265. The van der Waals surface area contributed by atoms with E-state index in [0.29, 0.717) is 12.2 Å². The summed E-state index contributed by atoms with van der Waals surface area (Å²) < 4.78 is 5.23. The average molecular weight is 267 g/mol. The molecule has 1 unspecified atom stereocenters. The summed E-state index contributed by atoms with van der Waals surface area (Å²) in [5, 5.41) is 9.16. The van der Waals surface area contributed by atoms with Crippen molar-refractivity contribution < 1.29 is 4.74 Å². The number of aromatic nitrogens is 2. The first-order chi connectivity index (χ1) is 9.67. The Hall–Kier alpha value is -2.41. The molecule has 0 bridgehead atoms. The maximum atomic E-state index is 9.16. The number of aryl methyl sites for hydroxylation is 1. The minimum atomic E-state index is -0.265. The molecule has 0 aliphatic heterocycles. The van der Waals surface area contributed by atoms with Crippen molar-refractivity contribution in [2.75, 3.05) is 7.11 Å². The van der Waals surface area contributed by atoms with Crippen molar-refractivity contribution in [1.29, 1.82) is 5.26 Å². The van der Waals surface area contributed by atoms with Crippen molar-refractivity contribution in [2.45, 2.75) is 26.2 Å². The van der Waals surface area contributed by atoms with Crippen molar-refractivity contribution >= 4 is 0 Å². The van der Waals surface area contributed by atoms with E-state index in [0.717, 1.165) is 22.7 Å². The molecule has 1 aromatic carbocycles. The van der Waals surface area contributed by atoms with E-state index >= 15 is 0 Å². The van der Waals surface area contributed by atoms with Gasteiger partial charge in [0.15, 0.2) is 0 Å². The summed E-state index contributed by atoms with van der Waals surface area (Å²) in [6.45, 7) is 3.88. The molecular weight excluding hydrogens is 250 g/mol. The van der Waals surface area contributed by atoms with E-state index in [-0.39, 0.29) is 5.92 Å². The molecule has 0 amide bonds. The lowest BCUT2D eigenvalue weighted by Crippen LogP contribution is -2.04. The molecule has 0 aliphatic carbocycles. The van der Waals surface area contributed by atoms with Gasteiger partial charge in [-0.05, 0) is 31.5 Å². The quantitative estimate of drug-likeness (QED) is 0.851. The number of nitriles is 1. The Morgan fingerprint density at radius 2 is 2.10 bits per heavy atom. The summed E-state index contributed by atoms with van der Waals surface area (Å²) in [5.41, 5.74) is 2.64. The molecular formula is C16H17N3O. The van der Waals surface area contributed by atoms with Crippen LogP contribution < -0.4 is 4.74 Å². The van der Waals surface area contributed by atoms with E-state index in [4.69, 9.17) is 10.00 Å². The molecule has 0 fully saturated rings. The average Bonchev–Trinajstić information content (AvgIpc) is 2.48. The Morgan fingerprint density at radius 1 is 1.30 bits per heavy atom. The summed E-state index contributed by atoms with van der Waals surface area (Å²) in [5.74, 6) is 1.11. The Morgan fingerprint density at radius 3 is 2.75 bits per heavy atom. The molecule has 4 heteroatoms. The van der Waals surface area contributed by atoms with Crippen LogP contribution in [0.25, 0.3) is 11.3 Å². The molecule has 0 saturated carbocycles. The molecule has 1 atom stereocenters. The predicted octanol–water partition coefficient (Wildman–Crippen LogP) is 3.48. The van der Waals surface area contributed by atoms with E-state index in [1.807, 2.05) is 44.2 Å². The van der Waals surface area contributed by atoms with Crippen LogP contribution in [0.1, 0.15) is 30.8 Å². The van der Waals surface area contributed by atoms with Gasteiger partial charge in [0.25, 0.3) is 0 Å². The molecule has 2 aromatic rings. The zero-order chi connectivity index (χ0) is 14.5. The molecule has 0 aliphatic rings. The van der Waals surface area contributed by atoms with Crippen molar-refractivity contribution in [1.82, 2.24) is 9.97 Å². The monoisotopic (exact) mass is 267 g/mol. The second-order valence-corrected chi connectivity index (χ2v) is 4.57. The van der Waals surface area contributed by atoms with Gasteiger partial charge in [-0.3, -0.25) is 0 Å². The maximum Gasteiger partial charge on any atom is 0.146 e. The summed E-state index contributed by atoms with van der Waals surface area (Å²) in [7, 11) is 1.64. The molecule has 2 rings (SSSR count). The van der Waals surface area contributed by atoms with Crippen LogP contribution in [0.15, 0.2) is 30.3 Å². The number of benzene rings is 1. The van der Waals surface area contributed by atoms with Crippen LogP contribution in [0.3, 0.4) is 0 Å². The van der Waals surface area contributed by atoms with Crippen molar-refractivity contribution in [3.8, 4) is 23.1 Å². The predicted molar refractivity (Wildman–Crippen MR) is 77.4 cm³/mol. The summed E-state index contributed by atoms with van der Waals surface area (Å²) >= 11 is 0. The Balaban J connectivity index is 2.49. The number of hydrogen-bond acceptors (Lipinski definition) is 4. The lowest BCUT2D eigenvalue weighted by Gasteiger charge is -2.09. The highest BCUT2D eigenvalue weighted by Crippen LogP contribution is 2.24. The summed E-state index contributed by atoms with van der Waals surface area (Å²) in [6.07, 6.45) is 0.706. The fourth-order valence-corrected chi connectivity index (χ4v) is 2.01. The summed E-state index contributed by atoms with van der Waals surface area (Å²) in [6, 6.07) is 11.9. The molecule has 0 spiro atoms. The van der Waals surface area contributed by atoms with Crippen LogP contribution in [0, 0.1) is 18.3 Å². The number of hydrogen-bond donors (Lipinski definition) is 0. The van der Waals surface area contributed by atoms with Crippen molar-refractivity contribution in [2.24, 2.45) is 0 Å². The van der Waals surface area contributed by atoms with Gasteiger partial charge in [-0.25, -0.2) is 9.97 Å². The molecule has 1 aromatic heterocycles. The van der Waals surface area contributed by atoms with Crippen LogP contribution in [0.2, 0.25) is 0 Å². The molecule has 0 N–H and O–H groups in total. The smallest absolute Gasteiger partial charge is 0.146 e. The van der Waals surface area contributed by atoms with Crippen molar-refractivity contribution in [3.05, 3.63) is 41.9 Å². The Kier molecular flexibility index (Phi) is 4.31. The van der Waals surface area contributed by atoms with Gasteiger partial charge in [-0.1, -0.05) is 19.1 Å². The Bertz CT molecular complexity index is 646. The third-order valence-electron chi connectivity index (χ3n) is 3.11. The molecule has 0 radical (unpaired) electrons. The van der Waals surface area contributed by atoms with E-state index in [1.54, 1.807) is 7.11 Å². The summed E-state index contributed by atoms with van der Waals surface area (Å²) in [4.78, 5) is 8.91. The van der Waals surface area contributed by atoms with Gasteiger partial charge in [0, 0.05) is 11.3 Å². The fourth-order valence-electron chi connectivity index (χ4n) is 2.01. The van der Waals surface area contributed by atoms with Crippen molar-refractivity contribution in [3.63, 3.8) is 0 Å². The third-order valence-corrected chi connectivity index (χ3v) is 3.11. The lowest BCUT2D eigenvalue weighted by atomic mass is 10.1. The number of methoxy groups -OCH3 is 1. The van der Waals surface area contributed by atoms with Gasteiger partial charge in [0.2, 0.25) is 0 Å². The van der Waals surface area contributed by atoms with Crippen LogP contribution >= 0.6 is 0 Å². The SMILES string of the molecule is CCC(C#N)c1nc(C)cc(-c2cccc(OC)c2)n1. The van der Waals surface area contributed by atoms with Gasteiger partial charge in [0.05, 0.1) is 18.9 Å². The number of nitrogens with zero attached hydrogens (tertiary/aromatic N) is 3. The zero-order valence-electron chi connectivity index (χ0n) is 11.9. The van der Waals surface area contributed by atoms with E-state index < -0.39 is 0 Å². The first-order valence-corrected chi connectivity index (χ1v) is 6.57. The van der Waals surface area contributed by atoms with E-state index in [1.165, 1.54) is 0 Å². The van der Waals surface area contributed by atoms with Crippen LogP contribution in [-0.2, 0) is 0 Å². The van der Waals surface area contributed by atoms with Gasteiger partial charge in [-0.2, -0.15) is 5.26 Å². The largest absolute Gasteiger partial charge is 0.497 e. The molecule has 20 heavy (non-hydrogen) atoms. The first-order valence-electron chi connectivity index (χ1n) is 6.57. The molecule has 102 valence electrons. The third kappa shape index (κ3) is 2.94. The Labute approximate surface area is 119 Å². The van der Waals surface area contributed by atoms with E-state index in [9.17, 15) is 0 Å². The van der Waals surface area contributed by atoms with Crippen LogP contribution in [0.4, 0.5) is 0 Å². The number of ether oxygens (including phenoxy) is 1. The zero-order valence-corrected chi connectivity index (χ0v) is 11.9. The minimum Gasteiger partial charge on any atom is -0.497 e. The molecule has 4 nitrogen and oxygen atoms in total. The highest BCUT2D eigenvalue weighted by Gasteiger charge is 2.14. The van der Waals surface area contributed by atoms with Crippen LogP contribution in [0.5, 0.6) is 5.75 Å². The highest BCUT2D eigenvalue weighted by molar-refractivity contribution is 5.61. The normalized spacial score (nSPS) is 11.7. The van der Waals surface area contributed by atoms with Gasteiger partial charge in [-0.15, -0.1) is 0 Å². The highest BCUT2D eigenvalue weighted by atomic mass is 16.5. The van der Waals surface area contributed by atoms with Gasteiger partial charge >= 0.3 is 0 Å². The second kappa shape index (κ2) is 6.16. The first kappa shape index (κ1) is 14.0. The number of rotatable bonds is 4. The van der Waals surface area contributed by atoms with Crippen LogP contribution in [-0.4, -0.2) is 17.1 Å². The standard InChI is InChI=1S/C16H17N3O/c1-4-12(10-17)16-18-11(2)8-15(19-16)13-6-5-7-14(9-13)20-3/h5-9,12H,4H2,1-3H3. The van der Waals surface area contributed by atoms with Gasteiger partial charge in [0.1, 0.15) is 17.5 Å². The van der Waals surface area contributed by atoms with E-state index in [2.05, 4.69) is 16.0 Å². The van der Waals surface area contributed by atoms with Gasteiger partial charge < -0.3 is 4.74 Å². The fraction of sp³-hybridized carbons (Fsp3) is 0.312. The lowest BCUT2D eigenvalue weighted by molar-refractivity contribution is 0.415. The molecule has 0 saturated heterocycles. The second-order valence-electron chi connectivity index (χ2n) is 4.57. The molecule has 1 heterocycles.